The van der Waals surface area contributed by atoms with E-state index in [4.69, 9.17) is 14.2 Å². The molecule has 6 heteroatoms. The third-order valence-electron chi connectivity index (χ3n) is 4.31. The largest absolute Gasteiger partial charge is 0.491 e. The molecule has 0 radical (unpaired) electrons. The first-order chi connectivity index (χ1) is 13.2. The Balaban J connectivity index is 1.61. The highest BCUT2D eigenvalue weighted by atomic mass is 16.5. The highest BCUT2D eigenvalue weighted by molar-refractivity contribution is 5.98. The highest BCUT2D eigenvalue weighted by Gasteiger charge is 2.23. The highest BCUT2D eigenvalue weighted by Crippen LogP contribution is 2.28. The molecule has 0 aliphatic carbocycles. The van der Waals surface area contributed by atoms with Gasteiger partial charge >= 0.3 is 5.97 Å². The molecule has 142 valence electrons. The van der Waals surface area contributed by atoms with Crippen LogP contribution in [-0.4, -0.2) is 38.7 Å². The van der Waals surface area contributed by atoms with E-state index in [0.717, 1.165) is 12.0 Å². The number of carbonyl (C=O) groups excluding carboxylic acids is 2. The molecular formula is C21H23NO5. The van der Waals surface area contributed by atoms with E-state index in [2.05, 4.69) is 0 Å². The predicted octanol–water partition coefficient (Wildman–Crippen LogP) is 3.20. The molecule has 0 unspecified atom stereocenters. The average Bonchev–Trinajstić information content (AvgIpc) is 3.13. The fourth-order valence-corrected chi connectivity index (χ4v) is 2.96. The lowest BCUT2D eigenvalue weighted by molar-refractivity contribution is -0.117. The summed E-state index contributed by atoms with van der Waals surface area (Å²) in [6, 6.07) is 14.9. The smallest absolute Gasteiger partial charge is 0.338 e. The van der Waals surface area contributed by atoms with Gasteiger partial charge in [0.1, 0.15) is 12.4 Å². The topological polar surface area (TPSA) is 65.1 Å². The van der Waals surface area contributed by atoms with Crippen molar-refractivity contribution in [1.82, 2.24) is 0 Å². The first-order valence-corrected chi connectivity index (χ1v) is 8.95. The van der Waals surface area contributed by atoms with E-state index in [0.29, 0.717) is 49.8 Å². The lowest BCUT2D eigenvalue weighted by atomic mass is 10.1. The molecule has 0 bridgehead atoms. The summed E-state index contributed by atoms with van der Waals surface area (Å²) >= 11 is 0. The number of ether oxygens (including phenoxy) is 3. The van der Waals surface area contributed by atoms with Gasteiger partial charge in [-0.3, -0.25) is 4.79 Å². The van der Waals surface area contributed by atoms with Crippen LogP contribution in [-0.2, 0) is 20.9 Å². The Morgan fingerprint density at radius 1 is 1.11 bits per heavy atom. The summed E-state index contributed by atoms with van der Waals surface area (Å²) in [5, 5.41) is 0. The maximum Gasteiger partial charge on any atom is 0.338 e. The number of hydrogen-bond acceptors (Lipinski definition) is 5. The fraction of sp³-hybridized carbons (Fsp3) is 0.333. The van der Waals surface area contributed by atoms with Crippen molar-refractivity contribution in [3.63, 3.8) is 0 Å². The van der Waals surface area contributed by atoms with E-state index in [-0.39, 0.29) is 5.91 Å². The van der Waals surface area contributed by atoms with Crippen LogP contribution in [0.25, 0.3) is 0 Å². The summed E-state index contributed by atoms with van der Waals surface area (Å²) in [5.41, 5.74) is 2.11. The van der Waals surface area contributed by atoms with Gasteiger partial charge in [0.15, 0.2) is 0 Å². The van der Waals surface area contributed by atoms with E-state index in [1.165, 1.54) is 7.11 Å². The summed E-state index contributed by atoms with van der Waals surface area (Å²) < 4.78 is 16.2. The van der Waals surface area contributed by atoms with Crippen LogP contribution in [0.15, 0.2) is 48.5 Å². The van der Waals surface area contributed by atoms with Crippen LogP contribution in [0, 0.1) is 0 Å². The molecule has 1 fully saturated rings. The molecule has 0 atom stereocenters. The third-order valence-corrected chi connectivity index (χ3v) is 4.31. The number of anilines is 1. The fourth-order valence-electron chi connectivity index (χ4n) is 2.96. The molecule has 0 aromatic heterocycles. The minimum Gasteiger partial charge on any atom is -0.491 e. The summed E-state index contributed by atoms with van der Waals surface area (Å²) in [6.45, 7) is 1.91. The van der Waals surface area contributed by atoms with E-state index in [9.17, 15) is 9.59 Å². The van der Waals surface area contributed by atoms with Gasteiger partial charge in [0.05, 0.1) is 25.9 Å². The SMILES string of the molecule is COC(=O)c1cc(OCCOCc2ccccc2)cc(N2CCCC2=O)c1. The van der Waals surface area contributed by atoms with Gasteiger partial charge < -0.3 is 19.1 Å². The Morgan fingerprint density at radius 2 is 1.93 bits per heavy atom. The quantitative estimate of drug-likeness (QED) is 0.528. The van der Waals surface area contributed by atoms with Crippen molar-refractivity contribution in [2.75, 3.05) is 31.8 Å². The number of benzene rings is 2. The van der Waals surface area contributed by atoms with Crippen LogP contribution >= 0.6 is 0 Å². The lowest BCUT2D eigenvalue weighted by Crippen LogP contribution is -2.24. The maximum atomic E-state index is 12.0. The van der Waals surface area contributed by atoms with Gasteiger partial charge in [-0.1, -0.05) is 30.3 Å². The van der Waals surface area contributed by atoms with Crippen LogP contribution in [0.4, 0.5) is 5.69 Å². The van der Waals surface area contributed by atoms with Gasteiger partial charge in [-0.25, -0.2) is 4.79 Å². The minimum absolute atomic E-state index is 0.0501. The van der Waals surface area contributed by atoms with Gasteiger partial charge in [0, 0.05) is 24.7 Å². The Labute approximate surface area is 158 Å². The second kappa shape index (κ2) is 9.19. The van der Waals surface area contributed by atoms with Crippen molar-refractivity contribution in [3.05, 3.63) is 59.7 Å². The Hall–Kier alpha value is -2.86. The molecule has 1 aliphatic heterocycles. The van der Waals surface area contributed by atoms with Gasteiger partial charge in [0.2, 0.25) is 5.91 Å². The summed E-state index contributed by atoms with van der Waals surface area (Å²) in [7, 11) is 1.33. The van der Waals surface area contributed by atoms with Gasteiger partial charge in [-0.15, -0.1) is 0 Å². The third kappa shape index (κ3) is 5.08. The zero-order valence-electron chi connectivity index (χ0n) is 15.3. The zero-order valence-corrected chi connectivity index (χ0v) is 15.3. The molecule has 1 amide bonds. The number of amides is 1. The second-order valence-corrected chi connectivity index (χ2v) is 6.24. The molecule has 0 spiro atoms. The number of carbonyl (C=O) groups is 2. The van der Waals surface area contributed by atoms with E-state index < -0.39 is 5.97 Å². The summed E-state index contributed by atoms with van der Waals surface area (Å²) in [5.74, 6) is 0.0961. The number of nitrogens with zero attached hydrogens (tertiary/aromatic N) is 1. The first kappa shape index (κ1) is 18.9. The molecule has 2 aromatic rings. The molecular weight excluding hydrogens is 346 g/mol. The predicted molar refractivity (Wildman–Crippen MR) is 101 cm³/mol. The van der Waals surface area contributed by atoms with Gasteiger partial charge in [-0.05, 0) is 24.1 Å². The van der Waals surface area contributed by atoms with Crippen LogP contribution < -0.4 is 9.64 Å². The van der Waals surface area contributed by atoms with E-state index in [1.807, 2.05) is 30.3 Å². The maximum absolute atomic E-state index is 12.0. The zero-order chi connectivity index (χ0) is 19.1. The Bertz CT molecular complexity index is 790. The number of rotatable bonds is 8. The van der Waals surface area contributed by atoms with Crippen molar-refractivity contribution in [2.24, 2.45) is 0 Å². The minimum atomic E-state index is -0.464. The van der Waals surface area contributed by atoms with E-state index in [1.54, 1.807) is 23.1 Å². The monoisotopic (exact) mass is 369 g/mol. The van der Waals surface area contributed by atoms with Crippen LogP contribution in [0.5, 0.6) is 5.75 Å². The molecule has 6 nitrogen and oxygen atoms in total. The van der Waals surface area contributed by atoms with Crippen molar-refractivity contribution < 1.29 is 23.8 Å². The summed E-state index contributed by atoms with van der Waals surface area (Å²) in [4.78, 5) is 25.6. The van der Waals surface area contributed by atoms with Gasteiger partial charge in [-0.2, -0.15) is 0 Å². The van der Waals surface area contributed by atoms with Crippen LogP contribution in [0.2, 0.25) is 0 Å². The normalized spacial score (nSPS) is 13.7. The van der Waals surface area contributed by atoms with Crippen LogP contribution in [0.3, 0.4) is 0 Å². The standard InChI is InChI=1S/C21H23NO5/c1-25-21(24)17-12-18(22-9-5-8-20(22)23)14-19(13-17)27-11-10-26-15-16-6-3-2-4-7-16/h2-4,6-7,12-14H,5,8-11,15H2,1H3. The van der Waals surface area contributed by atoms with Crippen molar-refractivity contribution in [3.8, 4) is 5.75 Å². The molecule has 2 aromatic carbocycles. The van der Waals surface area contributed by atoms with Gasteiger partial charge in [0.25, 0.3) is 0 Å². The Morgan fingerprint density at radius 3 is 2.63 bits per heavy atom. The Kier molecular flexibility index (Phi) is 6.44. The van der Waals surface area contributed by atoms with Crippen LogP contribution in [0.1, 0.15) is 28.8 Å². The summed E-state index contributed by atoms with van der Waals surface area (Å²) in [6.07, 6.45) is 1.33. The molecule has 1 heterocycles. The average molecular weight is 369 g/mol. The lowest BCUT2D eigenvalue weighted by Gasteiger charge is -2.18. The number of methoxy groups -OCH3 is 1. The molecule has 0 saturated carbocycles. The molecule has 27 heavy (non-hydrogen) atoms. The van der Waals surface area contributed by atoms with Crippen molar-refractivity contribution in [2.45, 2.75) is 19.4 Å². The van der Waals surface area contributed by atoms with Crippen molar-refractivity contribution in [1.29, 1.82) is 0 Å². The second-order valence-electron chi connectivity index (χ2n) is 6.24. The number of esters is 1. The first-order valence-electron chi connectivity index (χ1n) is 8.95. The van der Waals surface area contributed by atoms with Crippen molar-refractivity contribution >= 4 is 17.6 Å². The number of hydrogen-bond donors (Lipinski definition) is 0. The molecule has 0 N–H and O–H groups in total. The molecule has 3 rings (SSSR count). The van der Waals surface area contributed by atoms with E-state index >= 15 is 0 Å². The molecule has 1 saturated heterocycles. The molecule has 1 aliphatic rings.